The molecule has 0 atom stereocenters. The summed E-state index contributed by atoms with van der Waals surface area (Å²) in [5, 5.41) is 3.45. The van der Waals surface area contributed by atoms with Gasteiger partial charge in [-0.15, -0.1) is 0 Å². The maximum absolute atomic E-state index is 13.6. The molecule has 0 saturated heterocycles. The Morgan fingerprint density at radius 1 is 1.30 bits per heavy atom. The summed E-state index contributed by atoms with van der Waals surface area (Å²) in [6.07, 6.45) is 2.51. The molecule has 0 radical (unpaired) electrons. The molecule has 0 aliphatic heterocycles. The van der Waals surface area contributed by atoms with Crippen LogP contribution >= 0.6 is 0 Å². The van der Waals surface area contributed by atoms with Crippen molar-refractivity contribution in [3.63, 3.8) is 0 Å². The lowest BCUT2D eigenvalue weighted by atomic mass is 10.2. The van der Waals surface area contributed by atoms with Gasteiger partial charge in [-0.05, 0) is 43.5 Å². The normalized spacial score (nSPS) is 14.3. The first-order valence-corrected chi connectivity index (χ1v) is 6.84. The van der Waals surface area contributed by atoms with E-state index in [1.807, 2.05) is 19.1 Å². The second-order valence-corrected chi connectivity index (χ2v) is 5.14. The number of para-hydroxylation sites is 1. The Kier molecular flexibility index (Phi) is 3.65. The van der Waals surface area contributed by atoms with Crippen LogP contribution in [0.15, 0.2) is 36.4 Å². The highest BCUT2D eigenvalue weighted by molar-refractivity contribution is 5.31. The summed E-state index contributed by atoms with van der Waals surface area (Å²) in [4.78, 5) is 4.30. The summed E-state index contributed by atoms with van der Waals surface area (Å²) in [7, 11) is 0. The van der Waals surface area contributed by atoms with Crippen LogP contribution in [0.1, 0.15) is 24.1 Å². The predicted molar refractivity (Wildman–Crippen MR) is 75.3 cm³/mol. The monoisotopic (exact) mass is 272 g/mol. The number of aromatic nitrogens is 1. The Labute approximate surface area is 117 Å². The molecular weight excluding hydrogens is 255 g/mol. The zero-order chi connectivity index (χ0) is 13.9. The standard InChI is InChI=1S/C16H17FN2O/c1-11-8-12(10-18-13-6-7-13)9-16(19-11)20-15-5-3-2-4-14(15)17/h2-5,8-9,13,18H,6-7,10H2,1H3. The average molecular weight is 272 g/mol. The van der Waals surface area contributed by atoms with Crippen LogP contribution < -0.4 is 10.1 Å². The number of aryl methyl sites for hydroxylation is 1. The maximum atomic E-state index is 13.6. The summed E-state index contributed by atoms with van der Waals surface area (Å²) < 4.78 is 19.1. The molecule has 3 rings (SSSR count). The van der Waals surface area contributed by atoms with Crippen molar-refractivity contribution < 1.29 is 9.13 Å². The van der Waals surface area contributed by atoms with E-state index in [1.54, 1.807) is 18.2 Å². The maximum Gasteiger partial charge on any atom is 0.219 e. The van der Waals surface area contributed by atoms with E-state index in [1.165, 1.54) is 18.9 Å². The molecule has 1 N–H and O–H groups in total. The van der Waals surface area contributed by atoms with Gasteiger partial charge in [0, 0.05) is 24.3 Å². The number of nitrogens with zero attached hydrogens (tertiary/aromatic N) is 1. The molecule has 0 spiro atoms. The fourth-order valence-corrected chi connectivity index (χ4v) is 2.05. The van der Waals surface area contributed by atoms with E-state index in [2.05, 4.69) is 10.3 Å². The van der Waals surface area contributed by atoms with Gasteiger partial charge >= 0.3 is 0 Å². The van der Waals surface area contributed by atoms with Gasteiger partial charge in [-0.2, -0.15) is 0 Å². The number of pyridine rings is 1. The molecule has 1 aliphatic rings. The molecule has 1 heterocycles. The van der Waals surface area contributed by atoms with Crippen LogP contribution in [0.2, 0.25) is 0 Å². The molecule has 1 fully saturated rings. The molecule has 1 aliphatic carbocycles. The number of hydrogen-bond acceptors (Lipinski definition) is 3. The van der Waals surface area contributed by atoms with Gasteiger partial charge in [0.25, 0.3) is 0 Å². The third-order valence-electron chi connectivity index (χ3n) is 3.21. The van der Waals surface area contributed by atoms with Crippen molar-refractivity contribution in [1.82, 2.24) is 10.3 Å². The molecule has 1 saturated carbocycles. The zero-order valence-corrected chi connectivity index (χ0v) is 11.4. The van der Waals surface area contributed by atoms with Gasteiger partial charge in [-0.3, -0.25) is 0 Å². The summed E-state index contributed by atoms with van der Waals surface area (Å²) in [5.41, 5.74) is 1.97. The molecule has 0 bridgehead atoms. The van der Waals surface area contributed by atoms with E-state index in [0.29, 0.717) is 11.9 Å². The lowest BCUT2D eigenvalue weighted by Gasteiger charge is -2.09. The van der Waals surface area contributed by atoms with Crippen LogP contribution in [-0.4, -0.2) is 11.0 Å². The Balaban J connectivity index is 1.76. The largest absolute Gasteiger partial charge is 0.436 e. The molecule has 1 aromatic heterocycles. The minimum Gasteiger partial charge on any atom is -0.436 e. The number of nitrogens with one attached hydrogen (secondary N) is 1. The van der Waals surface area contributed by atoms with E-state index in [4.69, 9.17) is 4.74 Å². The summed E-state index contributed by atoms with van der Waals surface area (Å²) in [6, 6.07) is 10.9. The van der Waals surface area contributed by atoms with Crippen molar-refractivity contribution in [2.75, 3.05) is 0 Å². The first-order chi connectivity index (χ1) is 9.70. The van der Waals surface area contributed by atoms with Crippen molar-refractivity contribution >= 4 is 0 Å². The summed E-state index contributed by atoms with van der Waals surface area (Å²) in [5.74, 6) is 0.253. The zero-order valence-electron chi connectivity index (χ0n) is 11.4. The average Bonchev–Trinajstić information content (AvgIpc) is 3.23. The van der Waals surface area contributed by atoms with Gasteiger partial charge in [-0.25, -0.2) is 9.37 Å². The van der Waals surface area contributed by atoms with Crippen molar-refractivity contribution in [3.8, 4) is 11.6 Å². The highest BCUT2D eigenvalue weighted by Gasteiger charge is 2.20. The smallest absolute Gasteiger partial charge is 0.219 e. The van der Waals surface area contributed by atoms with E-state index in [9.17, 15) is 4.39 Å². The molecule has 1 aromatic carbocycles. The molecule has 0 amide bonds. The van der Waals surface area contributed by atoms with E-state index in [0.717, 1.165) is 17.8 Å². The Hall–Kier alpha value is -1.94. The Bertz CT molecular complexity index is 611. The molecule has 0 unspecified atom stereocenters. The van der Waals surface area contributed by atoms with Crippen LogP contribution in [0.5, 0.6) is 11.6 Å². The van der Waals surface area contributed by atoms with Crippen molar-refractivity contribution in [2.24, 2.45) is 0 Å². The number of rotatable bonds is 5. The predicted octanol–water partition coefficient (Wildman–Crippen LogP) is 3.57. The highest BCUT2D eigenvalue weighted by Crippen LogP contribution is 2.24. The number of benzene rings is 1. The number of hydrogen-bond donors (Lipinski definition) is 1. The first-order valence-electron chi connectivity index (χ1n) is 6.84. The minimum absolute atomic E-state index is 0.201. The molecule has 2 aromatic rings. The van der Waals surface area contributed by atoms with Crippen LogP contribution in [0.25, 0.3) is 0 Å². The third-order valence-corrected chi connectivity index (χ3v) is 3.21. The van der Waals surface area contributed by atoms with Gasteiger partial charge in [0.05, 0.1) is 0 Å². The fourth-order valence-electron chi connectivity index (χ4n) is 2.05. The van der Waals surface area contributed by atoms with Crippen LogP contribution in [0.4, 0.5) is 4.39 Å². The lowest BCUT2D eigenvalue weighted by molar-refractivity contribution is 0.425. The number of halogens is 1. The topological polar surface area (TPSA) is 34.1 Å². The molecular formula is C16H17FN2O. The van der Waals surface area contributed by atoms with Crippen molar-refractivity contribution in [1.29, 1.82) is 0 Å². The van der Waals surface area contributed by atoms with Crippen LogP contribution in [-0.2, 0) is 6.54 Å². The van der Waals surface area contributed by atoms with Gasteiger partial charge in [0.1, 0.15) is 0 Å². The van der Waals surface area contributed by atoms with Gasteiger partial charge in [0.15, 0.2) is 11.6 Å². The second kappa shape index (κ2) is 5.59. The molecule has 20 heavy (non-hydrogen) atoms. The minimum atomic E-state index is -0.381. The quantitative estimate of drug-likeness (QED) is 0.903. The van der Waals surface area contributed by atoms with E-state index in [-0.39, 0.29) is 11.6 Å². The van der Waals surface area contributed by atoms with Gasteiger partial charge < -0.3 is 10.1 Å². The van der Waals surface area contributed by atoms with Gasteiger partial charge in [-0.1, -0.05) is 12.1 Å². The van der Waals surface area contributed by atoms with Gasteiger partial charge in [0.2, 0.25) is 5.88 Å². The van der Waals surface area contributed by atoms with E-state index < -0.39 is 0 Å². The number of ether oxygens (including phenoxy) is 1. The second-order valence-electron chi connectivity index (χ2n) is 5.14. The van der Waals surface area contributed by atoms with E-state index >= 15 is 0 Å². The fraction of sp³-hybridized carbons (Fsp3) is 0.312. The highest BCUT2D eigenvalue weighted by atomic mass is 19.1. The molecule has 3 nitrogen and oxygen atoms in total. The molecule has 104 valence electrons. The van der Waals surface area contributed by atoms with Crippen LogP contribution in [0, 0.1) is 12.7 Å². The summed E-state index contributed by atoms with van der Waals surface area (Å²) >= 11 is 0. The Morgan fingerprint density at radius 2 is 2.10 bits per heavy atom. The SMILES string of the molecule is Cc1cc(CNC2CC2)cc(Oc2ccccc2F)n1. The van der Waals surface area contributed by atoms with Crippen molar-refractivity contribution in [3.05, 3.63) is 53.5 Å². The lowest BCUT2D eigenvalue weighted by Crippen LogP contribution is -2.15. The Morgan fingerprint density at radius 3 is 2.85 bits per heavy atom. The molecule has 4 heteroatoms. The van der Waals surface area contributed by atoms with Crippen LogP contribution in [0.3, 0.4) is 0 Å². The third kappa shape index (κ3) is 3.33. The first kappa shape index (κ1) is 13.1. The van der Waals surface area contributed by atoms with Crippen molar-refractivity contribution in [2.45, 2.75) is 32.4 Å². The summed E-state index contributed by atoms with van der Waals surface area (Å²) in [6.45, 7) is 2.70.